The van der Waals surface area contributed by atoms with E-state index in [1.807, 2.05) is 134 Å². The van der Waals surface area contributed by atoms with Gasteiger partial charge in [-0.3, -0.25) is 0 Å². The van der Waals surface area contributed by atoms with Crippen molar-refractivity contribution in [1.82, 2.24) is 0 Å². The van der Waals surface area contributed by atoms with Crippen molar-refractivity contribution in [3.63, 3.8) is 0 Å². The molecule has 1 aliphatic heterocycles. The van der Waals surface area contributed by atoms with E-state index in [-0.39, 0.29) is 6.61 Å². The summed E-state index contributed by atoms with van der Waals surface area (Å²) < 4.78 is 11.3. The van der Waals surface area contributed by atoms with Crippen LogP contribution in [0.15, 0.2) is 119 Å². The number of hydrogen-bond acceptors (Lipinski definition) is 7. The zero-order chi connectivity index (χ0) is 32.4. The van der Waals surface area contributed by atoms with Crippen LogP contribution in [0.5, 0.6) is 0 Å². The Balaban J connectivity index is 2.58. The van der Waals surface area contributed by atoms with E-state index in [1.165, 1.54) is 0 Å². The lowest BCUT2D eigenvalue weighted by molar-refractivity contribution is -0.322. The molecule has 0 amide bonds. The number of ether oxygens (including phenoxy) is 2. The summed E-state index contributed by atoms with van der Waals surface area (Å²) in [7, 11) is 0. The zero-order valence-corrected chi connectivity index (χ0v) is 26.7. The first-order chi connectivity index (χ1) is 20.3. The normalized spacial score (nSPS) is 26.0. The van der Waals surface area contributed by atoms with Crippen LogP contribution in [0.25, 0.3) is 0 Å². The van der Waals surface area contributed by atoms with Crippen molar-refractivity contribution >= 4 is 0 Å². The minimum absolute atomic E-state index is 0.0720. The maximum Gasteiger partial charge on any atom is 0.187 e. The molecule has 0 aliphatic carbocycles. The SMILES string of the molecule is CC(/C=C/C=C(C)/C=C/C=C(C)/C=C/CC(C)(C)O[C@@H]1O[C@H](CO)[C@@H](O)[C@H](O)[C@@H]1O)=C\C=C\C=C(C)\C=C\C=C(/C)CO. The summed E-state index contributed by atoms with van der Waals surface area (Å²) in [5.41, 5.74) is 4.61. The minimum Gasteiger partial charge on any atom is -0.394 e. The van der Waals surface area contributed by atoms with E-state index in [4.69, 9.17) is 14.6 Å². The van der Waals surface area contributed by atoms with E-state index in [9.17, 15) is 20.4 Å². The molecule has 7 heteroatoms. The van der Waals surface area contributed by atoms with E-state index in [0.29, 0.717) is 6.42 Å². The lowest BCUT2D eigenvalue weighted by atomic mass is 9.98. The molecule has 7 nitrogen and oxygen atoms in total. The molecule has 1 saturated heterocycles. The Morgan fingerprint density at radius 3 is 1.60 bits per heavy atom. The highest BCUT2D eigenvalue weighted by Crippen LogP contribution is 2.27. The predicted molar refractivity (Wildman–Crippen MR) is 175 cm³/mol. The second-order valence-corrected chi connectivity index (χ2v) is 11.5. The third-order valence-electron chi connectivity index (χ3n) is 6.53. The average molecular weight is 597 g/mol. The molecule has 0 saturated carbocycles. The third-order valence-corrected chi connectivity index (χ3v) is 6.53. The zero-order valence-electron chi connectivity index (χ0n) is 26.7. The minimum atomic E-state index is -1.47. The molecule has 5 atom stereocenters. The molecule has 0 aromatic carbocycles. The van der Waals surface area contributed by atoms with Gasteiger partial charge < -0.3 is 35.0 Å². The van der Waals surface area contributed by atoms with Gasteiger partial charge in [0.1, 0.15) is 24.4 Å². The molecule has 0 radical (unpaired) electrons. The maximum absolute atomic E-state index is 10.2. The van der Waals surface area contributed by atoms with Gasteiger partial charge >= 0.3 is 0 Å². The van der Waals surface area contributed by atoms with Crippen molar-refractivity contribution in [2.45, 2.75) is 91.2 Å². The fourth-order valence-electron chi connectivity index (χ4n) is 3.81. The summed E-state index contributed by atoms with van der Waals surface area (Å²) >= 11 is 0. The second kappa shape index (κ2) is 20.1. The lowest BCUT2D eigenvalue weighted by Crippen LogP contribution is -2.60. The monoisotopic (exact) mass is 596 g/mol. The Morgan fingerprint density at radius 1 is 0.651 bits per heavy atom. The molecule has 0 bridgehead atoms. The van der Waals surface area contributed by atoms with E-state index in [1.54, 1.807) is 0 Å². The Morgan fingerprint density at radius 2 is 1.12 bits per heavy atom. The van der Waals surface area contributed by atoms with Gasteiger partial charge in [0.05, 0.1) is 18.8 Å². The Bertz CT molecular complexity index is 1160. The van der Waals surface area contributed by atoms with E-state index in [2.05, 4.69) is 6.08 Å². The third kappa shape index (κ3) is 16.0. The van der Waals surface area contributed by atoms with Crippen LogP contribution in [-0.4, -0.2) is 75.1 Å². The summed E-state index contributed by atoms with van der Waals surface area (Å²) in [6.07, 6.45) is 24.1. The quantitative estimate of drug-likeness (QED) is 0.159. The molecule has 0 spiro atoms. The Labute approximate surface area is 258 Å². The summed E-state index contributed by atoms with van der Waals surface area (Å²) in [5, 5.41) is 48.5. The molecule has 5 N–H and O–H groups in total. The first kappa shape index (κ1) is 38.1. The first-order valence-corrected chi connectivity index (χ1v) is 14.6. The number of aliphatic hydroxyl groups is 5. The van der Waals surface area contributed by atoms with Gasteiger partial charge in [-0.1, -0.05) is 113 Å². The van der Waals surface area contributed by atoms with Gasteiger partial charge in [0.2, 0.25) is 0 Å². The Kier molecular flexibility index (Phi) is 17.9. The number of aliphatic hydroxyl groups excluding tert-OH is 5. The Hall–Kier alpha value is -2.88. The predicted octanol–water partition coefficient (Wildman–Crippen LogP) is 5.48. The smallest absolute Gasteiger partial charge is 0.187 e. The fourth-order valence-corrected chi connectivity index (χ4v) is 3.81. The molecule has 1 rings (SSSR count). The molecular formula is C36H52O7. The second-order valence-electron chi connectivity index (χ2n) is 11.5. The van der Waals surface area contributed by atoms with Crippen LogP contribution in [0.1, 0.15) is 54.9 Å². The largest absolute Gasteiger partial charge is 0.394 e. The van der Waals surface area contributed by atoms with Crippen molar-refractivity contribution in [3.05, 3.63) is 119 Å². The van der Waals surface area contributed by atoms with Gasteiger partial charge in [-0.25, -0.2) is 0 Å². The van der Waals surface area contributed by atoms with Crippen LogP contribution in [-0.2, 0) is 9.47 Å². The standard InChI is InChI=1S/C36H52O7/c1-26(14-8-9-15-27(2)20-12-21-30(5)24-37)16-10-17-28(3)18-11-19-29(4)22-13-23-36(6,7)43-35-34(41)33(40)32(39)31(25-38)42-35/h8-22,31-35,37-41H,23-25H2,1-7H3/b9-8+,16-10+,18-11+,20-12+,22-13+,26-14+,27-15+,28-17+,29-19+,30-21+/t31-,32-,33+,34+,35+/m1/s1. The van der Waals surface area contributed by atoms with Crippen molar-refractivity contribution in [2.24, 2.45) is 0 Å². The molecule has 1 aliphatic rings. The topological polar surface area (TPSA) is 120 Å². The number of allylic oxidation sites excluding steroid dienone is 18. The van der Waals surface area contributed by atoms with E-state index in [0.717, 1.165) is 27.9 Å². The first-order valence-electron chi connectivity index (χ1n) is 14.6. The van der Waals surface area contributed by atoms with Crippen molar-refractivity contribution < 1.29 is 35.0 Å². The van der Waals surface area contributed by atoms with Crippen molar-refractivity contribution in [2.75, 3.05) is 13.2 Å². The highest BCUT2D eigenvalue weighted by atomic mass is 16.7. The van der Waals surface area contributed by atoms with Crippen molar-refractivity contribution in [1.29, 1.82) is 0 Å². The molecule has 0 aromatic heterocycles. The number of rotatable bonds is 15. The van der Waals surface area contributed by atoms with Crippen LogP contribution < -0.4 is 0 Å². The maximum atomic E-state index is 10.2. The van der Waals surface area contributed by atoms with Crippen LogP contribution in [0, 0.1) is 0 Å². The summed E-state index contributed by atoms with van der Waals surface area (Å²) in [4.78, 5) is 0. The van der Waals surface area contributed by atoms with E-state index >= 15 is 0 Å². The van der Waals surface area contributed by atoms with Crippen LogP contribution in [0.2, 0.25) is 0 Å². The summed E-state index contributed by atoms with van der Waals surface area (Å²) in [6, 6.07) is 0. The molecule has 1 heterocycles. The number of hydrogen-bond donors (Lipinski definition) is 5. The lowest BCUT2D eigenvalue weighted by Gasteiger charge is -2.42. The van der Waals surface area contributed by atoms with E-state index < -0.39 is 42.9 Å². The van der Waals surface area contributed by atoms with Gasteiger partial charge in [-0.05, 0) is 60.5 Å². The average Bonchev–Trinajstić information content (AvgIpc) is 2.95. The molecule has 43 heavy (non-hydrogen) atoms. The summed E-state index contributed by atoms with van der Waals surface area (Å²) in [5.74, 6) is 0. The van der Waals surface area contributed by atoms with Gasteiger partial charge in [-0.2, -0.15) is 0 Å². The highest BCUT2D eigenvalue weighted by Gasteiger charge is 2.45. The van der Waals surface area contributed by atoms with Crippen LogP contribution in [0.3, 0.4) is 0 Å². The van der Waals surface area contributed by atoms with Crippen LogP contribution in [0.4, 0.5) is 0 Å². The van der Waals surface area contributed by atoms with Crippen LogP contribution >= 0.6 is 0 Å². The highest BCUT2D eigenvalue weighted by molar-refractivity contribution is 5.32. The molecular weight excluding hydrogens is 544 g/mol. The fraction of sp³-hybridized carbons (Fsp3) is 0.444. The van der Waals surface area contributed by atoms with Crippen molar-refractivity contribution in [3.8, 4) is 0 Å². The van der Waals surface area contributed by atoms with Gasteiger partial charge in [0.15, 0.2) is 6.29 Å². The van der Waals surface area contributed by atoms with Gasteiger partial charge in [0.25, 0.3) is 0 Å². The molecule has 0 unspecified atom stereocenters. The van der Waals surface area contributed by atoms with Gasteiger partial charge in [-0.15, -0.1) is 0 Å². The molecule has 238 valence electrons. The summed E-state index contributed by atoms with van der Waals surface area (Å²) in [6.45, 7) is 13.2. The molecule has 0 aromatic rings. The molecule has 1 fully saturated rings. The van der Waals surface area contributed by atoms with Gasteiger partial charge in [0, 0.05) is 0 Å².